The zero-order valence-corrected chi connectivity index (χ0v) is 23.3. The molecule has 0 aliphatic carbocycles. The predicted molar refractivity (Wildman–Crippen MR) is 152 cm³/mol. The molecule has 0 saturated carbocycles. The number of carboxylic acid groups (broad SMARTS) is 1. The van der Waals surface area contributed by atoms with Crippen LogP contribution in [-0.2, 0) is 20.8 Å². The molecule has 0 spiro atoms. The lowest BCUT2D eigenvalue weighted by Gasteiger charge is -2.32. The molecule has 0 unspecified atom stereocenters. The molecule has 216 valence electrons. The minimum Gasteiger partial charge on any atom is -0.480 e. The number of carbonyl (C=O) groups excluding carboxylic acids is 4. The average Bonchev–Trinajstić information content (AvgIpc) is 3.46. The molecule has 4 rings (SSSR count). The molecule has 1 aromatic heterocycles. The van der Waals surface area contributed by atoms with Gasteiger partial charge in [-0.25, -0.2) is 0 Å². The van der Waals surface area contributed by atoms with E-state index >= 15 is 0 Å². The number of aromatic amines is 1. The van der Waals surface area contributed by atoms with E-state index in [0.29, 0.717) is 6.42 Å². The number of H-pyrrole nitrogens is 1. The van der Waals surface area contributed by atoms with Crippen LogP contribution in [0.5, 0.6) is 0 Å². The highest BCUT2D eigenvalue weighted by atomic mass is 16.4. The van der Waals surface area contributed by atoms with Crippen molar-refractivity contribution < 1.29 is 29.1 Å². The summed E-state index contributed by atoms with van der Waals surface area (Å²) in [5.41, 5.74) is 8.01. The second-order valence-corrected chi connectivity index (χ2v) is 10.8. The van der Waals surface area contributed by atoms with E-state index < -0.39 is 47.7 Å². The van der Waals surface area contributed by atoms with Gasteiger partial charge in [0, 0.05) is 37.1 Å². The highest BCUT2D eigenvalue weighted by Crippen LogP contribution is 2.24. The number of nitrogens with two attached hydrogens (primary N) is 1. The fourth-order valence-electron chi connectivity index (χ4n) is 5.27. The van der Waals surface area contributed by atoms with Crippen molar-refractivity contribution >= 4 is 40.5 Å². The van der Waals surface area contributed by atoms with Crippen molar-refractivity contribution in [1.82, 2.24) is 20.1 Å². The SMILES string of the molecule is CC(C)C[C@H](N[C@H](CCN1C(=O)c2ccccc2C1=O)C(=O)O)C(=O)N(C)[C@@H](Cc1c[nH]c2ccccc12)C(N)=O. The average molecular weight is 562 g/mol. The first-order chi connectivity index (χ1) is 19.5. The minimum absolute atomic E-state index is 0.0103. The van der Waals surface area contributed by atoms with Crippen molar-refractivity contribution in [2.45, 2.75) is 51.2 Å². The third kappa shape index (κ3) is 6.30. The number of carboxylic acids is 1. The Labute approximate surface area is 237 Å². The molecule has 4 amide bonds. The number of fused-ring (bicyclic) bond motifs is 2. The van der Waals surface area contributed by atoms with Crippen LogP contribution in [0.15, 0.2) is 54.7 Å². The topological polar surface area (TPSA) is 166 Å². The fourth-order valence-corrected chi connectivity index (χ4v) is 5.27. The highest BCUT2D eigenvalue weighted by Gasteiger charge is 2.37. The van der Waals surface area contributed by atoms with Gasteiger partial charge in [0.15, 0.2) is 0 Å². The molecule has 11 nitrogen and oxygen atoms in total. The van der Waals surface area contributed by atoms with E-state index in [0.717, 1.165) is 21.4 Å². The van der Waals surface area contributed by atoms with Crippen LogP contribution in [0.3, 0.4) is 0 Å². The Hall–Kier alpha value is -4.51. The number of carbonyl (C=O) groups is 5. The molecule has 3 aromatic rings. The summed E-state index contributed by atoms with van der Waals surface area (Å²) in [7, 11) is 1.48. The number of primary amides is 1. The molecule has 1 aliphatic rings. The zero-order chi connectivity index (χ0) is 29.8. The minimum atomic E-state index is -1.24. The standard InChI is InChI=1S/C30H35N5O6/c1-17(2)14-24(29(39)34(3)25(26(31)36)15-18-16-32-22-11-7-6-8-19(18)22)33-23(30(40)41)12-13-35-27(37)20-9-4-5-10-21(20)28(35)38/h4-11,16-17,23-25,32-33H,12-15H2,1-3H3,(H2,31,36)(H,40,41)/t23-,24+,25+/m1/s1. The summed E-state index contributed by atoms with van der Waals surface area (Å²) in [5.74, 6) is -3.34. The molecular formula is C30H35N5O6. The molecule has 2 heterocycles. The molecule has 2 aromatic carbocycles. The van der Waals surface area contributed by atoms with Crippen molar-refractivity contribution in [2.24, 2.45) is 11.7 Å². The number of imide groups is 1. The van der Waals surface area contributed by atoms with E-state index in [2.05, 4.69) is 10.3 Å². The smallest absolute Gasteiger partial charge is 0.320 e. The van der Waals surface area contributed by atoms with E-state index in [1.54, 1.807) is 30.5 Å². The first kappa shape index (κ1) is 29.5. The van der Waals surface area contributed by atoms with Crippen molar-refractivity contribution in [3.63, 3.8) is 0 Å². The van der Waals surface area contributed by atoms with Gasteiger partial charge in [-0.2, -0.15) is 0 Å². The quantitative estimate of drug-likeness (QED) is 0.232. The molecule has 11 heteroatoms. The number of amides is 4. The maximum atomic E-state index is 13.7. The van der Waals surface area contributed by atoms with E-state index in [-0.39, 0.29) is 36.4 Å². The maximum absolute atomic E-state index is 13.7. The molecule has 0 fully saturated rings. The summed E-state index contributed by atoms with van der Waals surface area (Å²) < 4.78 is 0. The van der Waals surface area contributed by atoms with Crippen LogP contribution in [0, 0.1) is 5.92 Å². The fraction of sp³-hybridized carbons (Fsp3) is 0.367. The number of hydrogen-bond donors (Lipinski definition) is 4. The lowest BCUT2D eigenvalue weighted by Crippen LogP contribution is -2.56. The Morgan fingerprint density at radius 1 is 1.00 bits per heavy atom. The molecule has 5 N–H and O–H groups in total. The largest absolute Gasteiger partial charge is 0.480 e. The van der Waals surface area contributed by atoms with Crippen LogP contribution in [-0.4, -0.2) is 81.2 Å². The first-order valence-electron chi connectivity index (χ1n) is 13.5. The van der Waals surface area contributed by atoms with Gasteiger partial charge in [0.25, 0.3) is 11.8 Å². The maximum Gasteiger partial charge on any atom is 0.320 e. The van der Waals surface area contributed by atoms with Crippen LogP contribution in [0.2, 0.25) is 0 Å². The van der Waals surface area contributed by atoms with Crippen LogP contribution < -0.4 is 11.1 Å². The predicted octanol–water partition coefficient (Wildman–Crippen LogP) is 2.17. The monoisotopic (exact) mass is 561 g/mol. The number of aromatic nitrogens is 1. The van der Waals surface area contributed by atoms with Gasteiger partial charge >= 0.3 is 5.97 Å². The number of para-hydroxylation sites is 1. The molecule has 1 aliphatic heterocycles. The second kappa shape index (κ2) is 12.3. The van der Waals surface area contributed by atoms with E-state index in [1.165, 1.54) is 11.9 Å². The normalized spacial score (nSPS) is 15.2. The summed E-state index contributed by atoms with van der Waals surface area (Å²) in [6.45, 7) is 3.65. The Morgan fingerprint density at radius 2 is 1.61 bits per heavy atom. The number of aliphatic carboxylic acids is 1. The number of nitrogens with one attached hydrogen (secondary N) is 2. The van der Waals surface area contributed by atoms with Crippen molar-refractivity contribution in [2.75, 3.05) is 13.6 Å². The summed E-state index contributed by atoms with van der Waals surface area (Å²) >= 11 is 0. The zero-order valence-electron chi connectivity index (χ0n) is 23.3. The highest BCUT2D eigenvalue weighted by molar-refractivity contribution is 6.21. The number of likely N-dealkylation sites (N-methyl/N-ethyl adjacent to an activating group) is 1. The summed E-state index contributed by atoms with van der Waals surface area (Å²) in [6.07, 6.45) is 2.14. The lowest BCUT2D eigenvalue weighted by molar-refractivity contribution is -0.143. The Bertz CT molecular complexity index is 1450. The summed E-state index contributed by atoms with van der Waals surface area (Å²) in [6, 6.07) is 10.9. The third-order valence-corrected chi connectivity index (χ3v) is 7.46. The number of nitrogens with zero attached hydrogens (tertiary/aromatic N) is 2. The van der Waals surface area contributed by atoms with Gasteiger partial charge in [-0.1, -0.05) is 44.2 Å². The molecule has 3 atom stereocenters. The summed E-state index contributed by atoms with van der Waals surface area (Å²) in [5, 5.41) is 13.8. The first-order valence-corrected chi connectivity index (χ1v) is 13.5. The Kier molecular flexibility index (Phi) is 8.87. The Balaban J connectivity index is 1.49. The van der Waals surface area contributed by atoms with Gasteiger partial charge in [0.1, 0.15) is 12.1 Å². The van der Waals surface area contributed by atoms with E-state index in [4.69, 9.17) is 5.73 Å². The van der Waals surface area contributed by atoms with Crippen LogP contribution in [0.4, 0.5) is 0 Å². The van der Waals surface area contributed by atoms with Gasteiger partial charge in [0.2, 0.25) is 11.8 Å². The van der Waals surface area contributed by atoms with Crippen molar-refractivity contribution in [3.05, 3.63) is 71.4 Å². The van der Waals surface area contributed by atoms with Crippen molar-refractivity contribution in [1.29, 1.82) is 0 Å². The molecule has 0 radical (unpaired) electrons. The molecule has 0 bridgehead atoms. The van der Waals surface area contributed by atoms with Gasteiger partial charge in [-0.15, -0.1) is 0 Å². The third-order valence-electron chi connectivity index (χ3n) is 7.46. The van der Waals surface area contributed by atoms with Crippen LogP contribution in [0.1, 0.15) is 53.0 Å². The van der Waals surface area contributed by atoms with Gasteiger partial charge in [-0.3, -0.25) is 34.2 Å². The van der Waals surface area contributed by atoms with Gasteiger partial charge < -0.3 is 20.7 Å². The second-order valence-electron chi connectivity index (χ2n) is 10.8. The van der Waals surface area contributed by atoms with Crippen LogP contribution in [0.25, 0.3) is 10.9 Å². The number of benzene rings is 2. The van der Waals surface area contributed by atoms with Crippen LogP contribution >= 0.6 is 0 Å². The van der Waals surface area contributed by atoms with E-state index in [9.17, 15) is 29.1 Å². The Morgan fingerprint density at radius 3 is 2.20 bits per heavy atom. The summed E-state index contributed by atoms with van der Waals surface area (Å²) in [4.78, 5) is 69.4. The van der Waals surface area contributed by atoms with Gasteiger partial charge in [0.05, 0.1) is 17.2 Å². The number of rotatable bonds is 13. The van der Waals surface area contributed by atoms with Crippen molar-refractivity contribution in [3.8, 4) is 0 Å². The number of hydrogen-bond acceptors (Lipinski definition) is 6. The molecule has 0 saturated heterocycles. The molecule has 41 heavy (non-hydrogen) atoms. The van der Waals surface area contributed by atoms with Gasteiger partial charge in [-0.05, 0) is 42.5 Å². The lowest BCUT2D eigenvalue weighted by atomic mass is 9.98. The molecular weight excluding hydrogens is 526 g/mol. The van der Waals surface area contributed by atoms with E-state index in [1.807, 2.05) is 38.1 Å².